The number of imidazole rings is 1. The van der Waals surface area contributed by atoms with Crippen LogP contribution in [-0.2, 0) is 51.2 Å². The van der Waals surface area contributed by atoms with Crippen LogP contribution in [0.5, 0.6) is 5.75 Å². The van der Waals surface area contributed by atoms with Gasteiger partial charge >= 0.3 is 11.9 Å². The van der Waals surface area contributed by atoms with Gasteiger partial charge in [-0.15, -0.1) is 0 Å². The van der Waals surface area contributed by atoms with Crippen LogP contribution >= 0.6 is 0 Å². The molecule has 1 aromatic heterocycles. The van der Waals surface area contributed by atoms with E-state index in [9.17, 15) is 48.6 Å². The van der Waals surface area contributed by atoms with E-state index in [1.165, 1.54) is 36.8 Å². The normalized spacial score (nSPS) is 14.1. The number of aromatic nitrogens is 2. The van der Waals surface area contributed by atoms with Crippen molar-refractivity contribution in [3.05, 3.63) is 48.0 Å². The molecule has 0 aliphatic carbocycles. The van der Waals surface area contributed by atoms with Crippen molar-refractivity contribution in [3.63, 3.8) is 0 Å². The number of unbranched alkanes of at least 4 members (excludes halogenated alkanes) is 1. The molecule has 0 unspecified atom stereocenters. The van der Waals surface area contributed by atoms with Crippen molar-refractivity contribution >= 4 is 47.4 Å². The number of benzene rings is 1. The molecule has 21 heteroatoms. The summed E-state index contributed by atoms with van der Waals surface area (Å²) in [6.45, 7) is 7.00. The molecule has 0 radical (unpaired) electrons. The van der Waals surface area contributed by atoms with Gasteiger partial charge < -0.3 is 63.7 Å². The van der Waals surface area contributed by atoms with Crippen LogP contribution in [0.4, 0.5) is 0 Å². The summed E-state index contributed by atoms with van der Waals surface area (Å²) in [6, 6.07) is -2.20. The molecule has 2 aromatic rings. The number of carboxylic acid groups (broad SMARTS) is 2. The topological polar surface area (TPSA) is 350 Å². The molecule has 60 heavy (non-hydrogen) atoms. The van der Waals surface area contributed by atoms with Gasteiger partial charge in [0.05, 0.1) is 12.9 Å². The second kappa shape index (κ2) is 25.4. The molecule has 332 valence electrons. The first-order valence-corrected chi connectivity index (χ1v) is 19.8. The molecular weight excluding hydrogens is 784 g/mol. The summed E-state index contributed by atoms with van der Waals surface area (Å²) in [4.78, 5) is 111. The number of nitrogens with one attached hydrogen (secondary N) is 7. The third kappa shape index (κ3) is 17.8. The number of carbonyl (C=O) groups excluding carboxylic acids is 6. The number of phenolic OH excluding ortho intramolecular Hbond substituents is 1. The van der Waals surface area contributed by atoms with Crippen LogP contribution in [0.2, 0.25) is 0 Å². The van der Waals surface area contributed by atoms with Crippen LogP contribution in [0, 0.1) is 11.8 Å². The fraction of sp³-hybridized carbons (Fsp3) is 0.564. The van der Waals surface area contributed by atoms with E-state index in [0.717, 1.165) is 0 Å². The molecule has 0 aliphatic heterocycles. The maximum absolute atomic E-state index is 14.1. The van der Waals surface area contributed by atoms with Gasteiger partial charge in [-0.2, -0.15) is 0 Å². The fourth-order valence-electron chi connectivity index (χ4n) is 6.01. The Labute approximate surface area is 348 Å². The van der Waals surface area contributed by atoms with Crippen molar-refractivity contribution in [2.24, 2.45) is 23.3 Å². The van der Waals surface area contributed by atoms with Gasteiger partial charge in [0, 0.05) is 31.2 Å². The van der Waals surface area contributed by atoms with Crippen molar-refractivity contribution in [2.75, 3.05) is 13.1 Å². The predicted molar refractivity (Wildman–Crippen MR) is 216 cm³/mol. The monoisotopic (exact) mass is 844 g/mol. The van der Waals surface area contributed by atoms with Crippen LogP contribution in [0.25, 0.3) is 0 Å². The minimum absolute atomic E-state index is 0.0752. The van der Waals surface area contributed by atoms with E-state index in [1.54, 1.807) is 13.8 Å². The number of nitrogens with two attached hydrogens (primary N) is 2. The van der Waals surface area contributed by atoms with Gasteiger partial charge in [-0.3, -0.25) is 33.6 Å². The first-order chi connectivity index (χ1) is 28.3. The molecule has 0 aliphatic rings. The van der Waals surface area contributed by atoms with Gasteiger partial charge in [-0.1, -0.05) is 39.8 Å². The number of aliphatic carboxylic acids is 2. The number of hydrogen-bond acceptors (Lipinski definition) is 12. The SMILES string of the molecule is CC(C)C[C@H](NC(=O)[C@H](CCCCN)NC(=O)[C@@H](NC(=O)CN)C(C)C)C(=O)N[C@@H](Cc1cnc[nH]1)C(=O)N[C@@H](Cc1ccc(O)cc1)C(=O)N[C@@H](CCC(=O)O)C(=O)O. The lowest BCUT2D eigenvalue weighted by molar-refractivity contribution is -0.143. The van der Waals surface area contributed by atoms with E-state index < -0.39 is 96.5 Å². The highest BCUT2D eigenvalue weighted by Crippen LogP contribution is 2.14. The van der Waals surface area contributed by atoms with Crippen molar-refractivity contribution < 1.29 is 53.7 Å². The minimum Gasteiger partial charge on any atom is -0.508 e. The zero-order valence-corrected chi connectivity index (χ0v) is 34.4. The molecule has 2 rings (SSSR count). The number of hydrogen-bond donors (Lipinski definition) is 12. The largest absolute Gasteiger partial charge is 0.508 e. The van der Waals surface area contributed by atoms with Gasteiger partial charge in [0.15, 0.2) is 0 Å². The third-order valence-electron chi connectivity index (χ3n) is 9.25. The van der Waals surface area contributed by atoms with Gasteiger partial charge in [0.25, 0.3) is 0 Å². The lowest BCUT2D eigenvalue weighted by Gasteiger charge is -2.28. The summed E-state index contributed by atoms with van der Waals surface area (Å²) in [6.07, 6.45) is 2.59. The molecule has 0 saturated carbocycles. The Morgan fingerprint density at radius 3 is 1.75 bits per heavy atom. The smallest absolute Gasteiger partial charge is 0.326 e. The van der Waals surface area contributed by atoms with E-state index in [0.29, 0.717) is 30.6 Å². The van der Waals surface area contributed by atoms with Crippen molar-refractivity contribution in [1.82, 2.24) is 41.9 Å². The van der Waals surface area contributed by atoms with Gasteiger partial charge in [-0.05, 0) is 68.2 Å². The molecule has 0 saturated heterocycles. The molecule has 14 N–H and O–H groups in total. The van der Waals surface area contributed by atoms with Crippen LogP contribution in [0.3, 0.4) is 0 Å². The van der Waals surface area contributed by atoms with Gasteiger partial charge in [-0.25, -0.2) is 9.78 Å². The lowest BCUT2D eigenvalue weighted by Crippen LogP contribution is -2.60. The Kier molecular flexibility index (Phi) is 21.2. The molecule has 21 nitrogen and oxygen atoms in total. The van der Waals surface area contributed by atoms with Crippen LogP contribution < -0.4 is 43.4 Å². The van der Waals surface area contributed by atoms with Crippen LogP contribution in [-0.4, -0.2) is 122 Å². The molecule has 1 heterocycles. The summed E-state index contributed by atoms with van der Waals surface area (Å²) >= 11 is 0. The average molecular weight is 845 g/mol. The van der Waals surface area contributed by atoms with Gasteiger partial charge in [0.1, 0.15) is 42.0 Å². The number of carbonyl (C=O) groups is 8. The predicted octanol–water partition coefficient (Wildman–Crippen LogP) is -1.45. The van der Waals surface area contributed by atoms with E-state index in [1.807, 2.05) is 13.8 Å². The first kappa shape index (κ1) is 50.1. The van der Waals surface area contributed by atoms with Crippen molar-refractivity contribution in [3.8, 4) is 5.75 Å². The highest BCUT2D eigenvalue weighted by atomic mass is 16.4. The van der Waals surface area contributed by atoms with Crippen LogP contribution in [0.15, 0.2) is 36.8 Å². The molecule has 6 amide bonds. The number of amides is 6. The highest BCUT2D eigenvalue weighted by molar-refractivity contribution is 5.97. The third-order valence-corrected chi connectivity index (χ3v) is 9.25. The van der Waals surface area contributed by atoms with Crippen molar-refractivity contribution in [1.29, 1.82) is 0 Å². The zero-order valence-electron chi connectivity index (χ0n) is 34.4. The quantitative estimate of drug-likeness (QED) is 0.0458. The van der Waals surface area contributed by atoms with E-state index in [2.05, 4.69) is 41.9 Å². The minimum atomic E-state index is -1.61. The Morgan fingerprint density at radius 1 is 0.683 bits per heavy atom. The number of carboxylic acids is 2. The van der Waals surface area contributed by atoms with Crippen molar-refractivity contribution in [2.45, 2.75) is 115 Å². The van der Waals surface area contributed by atoms with Gasteiger partial charge in [0.2, 0.25) is 35.4 Å². The highest BCUT2D eigenvalue weighted by Gasteiger charge is 2.34. The lowest BCUT2D eigenvalue weighted by atomic mass is 9.99. The van der Waals surface area contributed by atoms with E-state index in [4.69, 9.17) is 16.6 Å². The maximum atomic E-state index is 14.1. The molecule has 1 aromatic carbocycles. The Balaban J connectivity index is 2.44. The summed E-state index contributed by atoms with van der Waals surface area (Å²) in [5.74, 6) is -7.92. The Hall–Kier alpha value is -6.09. The molecule has 0 spiro atoms. The average Bonchev–Trinajstić information content (AvgIpc) is 3.70. The molecule has 6 atom stereocenters. The second-order valence-electron chi connectivity index (χ2n) is 15.1. The summed E-state index contributed by atoms with van der Waals surface area (Å²) in [7, 11) is 0. The number of H-pyrrole nitrogens is 1. The first-order valence-electron chi connectivity index (χ1n) is 19.8. The standard InChI is InChI=1S/C39H60N10O11/c1-21(2)15-28(46-34(54)26(7-5-6-14-40)44-38(58)33(22(3)4)49-31(51)18-41)35(55)48-30(17-24-19-42-20-43-24)37(57)47-29(16-23-8-10-25(50)11-9-23)36(56)45-27(39(59)60)12-13-32(52)53/h8-11,19-22,26-30,33,50H,5-7,12-18,40-41H2,1-4H3,(H,42,43)(H,44,58)(H,45,56)(H,46,54)(H,47,57)(H,48,55)(H,49,51)(H,52,53)(H,59,60)/t26-,27-,28-,29-,30-,33-/m0/s1. The summed E-state index contributed by atoms with van der Waals surface area (Å²) < 4.78 is 0. The second-order valence-corrected chi connectivity index (χ2v) is 15.1. The molecule has 0 fully saturated rings. The fourth-order valence-corrected chi connectivity index (χ4v) is 6.01. The number of phenols is 1. The Bertz CT molecular complexity index is 1740. The number of rotatable bonds is 27. The number of nitrogens with zero attached hydrogens (tertiary/aromatic N) is 1. The number of aromatic hydroxyl groups is 1. The van der Waals surface area contributed by atoms with Crippen LogP contribution in [0.1, 0.15) is 77.5 Å². The zero-order chi connectivity index (χ0) is 44.9. The number of aromatic amines is 1. The Morgan fingerprint density at radius 2 is 1.23 bits per heavy atom. The summed E-state index contributed by atoms with van der Waals surface area (Å²) in [5.41, 5.74) is 12.0. The molecule has 0 bridgehead atoms. The summed E-state index contributed by atoms with van der Waals surface area (Å²) in [5, 5.41) is 44.0. The van der Waals surface area contributed by atoms with E-state index in [-0.39, 0.29) is 49.8 Å². The molecular formula is C39H60N10O11. The maximum Gasteiger partial charge on any atom is 0.326 e. The van der Waals surface area contributed by atoms with E-state index >= 15 is 0 Å².